The van der Waals surface area contributed by atoms with E-state index in [4.69, 9.17) is 16.9 Å². The molecule has 16 heavy (non-hydrogen) atoms. The first-order chi connectivity index (χ1) is 7.67. The predicted molar refractivity (Wildman–Crippen MR) is 69.6 cm³/mol. The molecule has 0 aliphatic rings. The van der Waals surface area contributed by atoms with Crippen LogP contribution in [-0.4, -0.2) is 11.4 Å². The van der Waals surface area contributed by atoms with E-state index < -0.39 is 0 Å². The molecule has 0 fully saturated rings. The third kappa shape index (κ3) is 3.76. The molecule has 0 saturated heterocycles. The zero-order valence-electron chi connectivity index (χ0n) is 9.07. The van der Waals surface area contributed by atoms with Gasteiger partial charge in [0.15, 0.2) is 11.4 Å². The molecular formula is C11H12ClN3S. The molecule has 5 heteroatoms. The van der Waals surface area contributed by atoms with Gasteiger partial charge < -0.3 is 0 Å². The summed E-state index contributed by atoms with van der Waals surface area (Å²) in [6.07, 6.45) is 3.73. The van der Waals surface area contributed by atoms with Crippen LogP contribution in [0.5, 0.6) is 0 Å². The molecule has 3 nitrogen and oxygen atoms in total. The number of nitrogens with one attached hydrogen (secondary N) is 1. The summed E-state index contributed by atoms with van der Waals surface area (Å²) in [5.41, 5.74) is 1.07. The molecule has 0 spiro atoms. The van der Waals surface area contributed by atoms with Crippen LogP contribution in [0.15, 0.2) is 29.3 Å². The first-order valence-electron chi connectivity index (χ1n) is 4.69. The molecule has 0 aliphatic carbocycles. The van der Waals surface area contributed by atoms with Gasteiger partial charge in [0.2, 0.25) is 0 Å². The third-order valence-electron chi connectivity index (χ3n) is 2.02. The van der Waals surface area contributed by atoms with Crippen LogP contribution >= 0.6 is 23.4 Å². The van der Waals surface area contributed by atoms with Crippen molar-refractivity contribution in [2.75, 3.05) is 6.26 Å². The highest BCUT2D eigenvalue weighted by atomic mass is 35.5. The number of benzene rings is 1. The number of amidine groups is 1. The minimum Gasteiger partial charge on any atom is -0.272 e. The maximum Gasteiger partial charge on any atom is 0.183 e. The normalized spacial score (nSPS) is 13.0. The fourth-order valence-corrected chi connectivity index (χ4v) is 1.71. The molecule has 1 aromatic rings. The highest BCUT2D eigenvalue weighted by Gasteiger charge is 2.05. The van der Waals surface area contributed by atoms with Crippen LogP contribution in [0.2, 0.25) is 5.02 Å². The first kappa shape index (κ1) is 12.9. The Morgan fingerprint density at radius 3 is 2.62 bits per heavy atom. The molecule has 1 aromatic carbocycles. The maximum absolute atomic E-state index is 8.51. The highest BCUT2D eigenvalue weighted by Crippen LogP contribution is 2.20. The van der Waals surface area contributed by atoms with Gasteiger partial charge in [-0.25, -0.2) is 0 Å². The molecule has 1 N–H and O–H groups in total. The number of hydrogen-bond acceptors (Lipinski definition) is 3. The van der Waals surface area contributed by atoms with E-state index in [1.165, 1.54) is 11.8 Å². The van der Waals surface area contributed by atoms with Gasteiger partial charge in [-0.1, -0.05) is 35.5 Å². The van der Waals surface area contributed by atoms with E-state index in [9.17, 15) is 0 Å². The van der Waals surface area contributed by atoms with Crippen LogP contribution in [0, 0.1) is 11.5 Å². The number of aliphatic imine (C=N–C) groups is 1. The summed E-state index contributed by atoms with van der Waals surface area (Å²) in [5, 5.41) is 12.4. The van der Waals surface area contributed by atoms with Gasteiger partial charge in [0, 0.05) is 5.02 Å². The van der Waals surface area contributed by atoms with E-state index in [1.807, 2.05) is 43.6 Å². The van der Waals surface area contributed by atoms with Crippen molar-refractivity contribution in [3.8, 4) is 6.19 Å². The molecule has 84 valence electrons. The lowest BCUT2D eigenvalue weighted by atomic mass is 10.1. The highest BCUT2D eigenvalue weighted by molar-refractivity contribution is 8.13. The Balaban J connectivity index is 2.81. The minimum absolute atomic E-state index is 0.000525. The van der Waals surface area contributed by atoms with Crippen LogP contribution in [0.25, 0.3) is 0 Å². The minimum atomic E-state index is 0.000525. The van der Waals surface area contributed by atoms with Gasteiger partial charge in [0.25, 0.3) is 0 Å². The lowest BCUT2D eigenvalue weighted by Crippen LogP contribution is -2.14. The average Bonchev–Trinajstić information content (AvgIpc) is 2.29. The molecule has 0 radical (unpaired) electrons. The van der Waals surface area contributed by atoms with E-state index in [0.717, 1.165) is 5.56 Å². The number of rotatable bonds is 2. The zero-order valence-corrected chi connectivity index (χ0v) is 10.6. The zero-order chi connectivity index (χ0) is 12.0. The fourth-order valence-electron chi connectivity index (χ4n) is 1.18. The second kappa shape index (κ2) is 6.41. The molecule has 0 bridgehead atoms. The third-order valence-corrected chi connectivity index (χ3v) is 2.87. The standard InChI is InChI=1S/C11H12ClN3S/c1-8(15-11(16-2)14-7-13)9-3-5-10(12)6-4-9/h3-6,8H,1-2H3,(H,14,15). The van der Waals surface area contributed by atoms with Gasteiger partial charge in [-0.15, -0.1) is 0 Å². The Bertz CT molecular complexity index is 408. The summed E-state index contributed by atoms with van der Waals surface area (Å²) in [6.45, 7) is 1.97. The molecule has 1 atom stereocenters. The Kier molecular flexibility index (Phi) is 5.17. The number of hydrogen-bond donors (Lipinski definition) is 1. The summed E-state index contributed by atoms with van der Waals surface area (Å²) in [6, 6.07) is 7.53. The van der Waals surface area contributed by atoms with Gasteiger partial charge in [-0.3, -0.25) is 10.3 Å². The fraction of sp³-hybridized carbons (Fsp3) is 0.273. The Morgan fingerprint density at radius 1 is 1.50 bits per heavy atom. The van der Waals surface area contributed by atoms with Gasteiger partial charge in [-0.2, -0.15) is 5.26 Å². The van der Waals surface area contributed by atoms with Crippen molar-refractivity contribution in [1.29, 1.82) is 5.26 Å². The Hall–Kier alpha value is -1.18. The summed E-state index contributed by atoms with van der Waals surface area (Å²) < 4.78 is 0. The monoisotopic (exact) mass is 253 g/mol. The van der Waals surface area contributed by atoms with Crippen LogP contribution < -0.4 is 5.32 Å². The second-order valence-electron chi connectivity index (χ2n) is 3.10. The van der Waals surface area contributed by atoms with Crippen molar-refractivity contribution in [2.24, 2.45) is 4.99 Å². The number of nitrogens with zero attached hydrogens (tertiary/aromatic N) is 2. The molecule has 0 saturated carbocycles. The molecule has 0 heterocycles. The van der Waals surface area contributed by atoms with Crippen LogP contribution in [0.1, 0.15) is 18.5 Å². The van der Waals surface area contributed by atoms with Crippen LogP contribution in [0.4, 0.5) is 0 Å². The van der Waals surface area contributed by atoms with Crippen LogP contribution in [0.3, 0.4) is 0 Å². The summed E-state index contributed by atoms with van der Waals surface area (Å²) >= 11 is 7.21. The predicted octanol–water partition coefficient (Wildman–Crippen LogP) is 3.19. The molecule has 0 aliphatic heterocycles. The number of halogens is 1. The van der Waals surface area contributed by atoms with E-state index >= 15 is 0 Å². The largest absolute Gasteiger partial charge is 0.272 e. The smallest absolute Gasteiger partial charge is 0.183 e. The van der Waals surface area contributed by atoms with Crippen molar-refractivity contribution in [3.05, 3.63) is 34.9 Å². The lowest BCUT2D eigenvalue weighted by molar-refractivity contribution is 0.818. The van der Waals surface area contributed by atoms with Crippen molar-refractivity contribution in [3.63, 3.8) is 0 Å². The lowest BCUT2D eigenvalue weighted by Gasteiger charge is -2.08. The number of nitriles is 1. The van der Waals surface area contributed by atoms with Gasteiger partial charge in [0.05, 0.1) is 6.04 Å². The van der Waals surface area contributed by atoms with Crippen molar-refractivity contribution in [2.45, 2.75) is 13.0 Å². The number of thioether (sulfide) groups is 1. The Labute approximate surface area is 105 Å². The van der Waals surface area contributed by atoms with Gasteiger partial charge in [0.1, 0.15) is 0 Å². The molecule has 0 aromatic heterocycles. The van der Waals surface area contributed by atoms with Crippen LogP contribution in [-0.2, 0) is 0 Å². The first-order valence-corrected chi connectivity index (χ1v) is 6.30. The van der Waals surface area contributed by atoms with Gasteiger partial charge in [-0.05, 0) is 30.9 Å². The van der Waals surface area contributed by atoms with E-state index in [2.05, 4.69) is 10.3 Å². The van der Waals surface area contributed by atoms with Crippen molar-refractivity contribution >= 4 is 28.5 Å². The van der Waals surface area contributed by atoms with Crippen molar-refractivity contribution in [1.82, 2.24) is 5.32 Å². The summed E-state index contributed by atoms with van der Waals surface area (Å²) in [5.74, 6) is 0. The SMILES string of the molecule is CSC(=NC(C)c1ccc(Cl)cc1)NC#N. The molecule has 1 unspecified atom stereocenters. The van der Waals surface area contributed by atoms with E-state index in [0.29, 0.717) is 10.2 Å². The van der Waals surface area contributed by atoms with Gasteiger partial charge >= 0.3 is 0 Å². The van der Waals surface area contributed by atoms with E-state index in [-0.39, 0.29) is 6.04 Å². The Morgan fingerprint density at radius 2 is 2.12 bits per heavy atom. The maximum atomic E-state index is 8.51. The topological polar surface area (TPSA) is 48.2 Å². The average molecular weight is 254 g/mol. The second-order valence-corrected chi connectivity index (χ2v) is 4.33. The summed E-state index contributed by atoms with van der Waals surface area (Å²) in [4.78, 5) is 4.39. The molecular weight excluding hydrogens is 242 g/mol. The quantitative estimate of drug-likeness (QED) is 0.381. The van der Waals surface area contributed by atoms with Crippen molar-refractivity contribution < 1.29 is 0 Å². The van der Waals surface area contributed by atoms with E-state index in [1.54, 1.807) is 0 Å². The molecule has 1 rings (SSSR count). The summed E-state index contributed by atoms with van der Waals surface area (Å²) in [7, 11) is 0. The molecule has 0 amide bonds.